The van der Waals surface area contributed by atoms with Crippen LogP contribution in [0.3, 0.4) is 0 Å². The summed E-state index contributed by atoms with van der Waals surface area (Å²) in [6.45, 7) is 3.82. The van der Waals surface area contributed by atoms with Crippen molar-refractivity contribution in [1.29, 1.82) is 5.26 Å². The fourth-order valence-corrected chi connectivity index (χ4v) is 2.58. The second kappa shape index (κ2) is 7.80. The van der Waals surface area contributed by atoms with E-state index in [-0.39, 0.29) is 18.0 Å². The average molecular weight is 344 g/mol. The topological polar surface area (TPSA) is 74.9 Å². The molecule has 5 nitrogen and oxygen atoms in total. The highest BCUT2D eigenvalue weighted by molar-refractivity contribution is 6.30. The van der Waals surface area contributed by atoms with Crippen molar-refractivity contribution in [2.75, 3.05) is 6.54 Å². The van der Waals surface area contributed by atoms with Crippen LogP contribution in [0.1, 0.15) is 22.4 Å². The molecule has 2 aromatic rings. The van der Waals surface area contributed by atoms with E-state index >= 15 is 0 Å². The Labute approximate surface area is 145 Å². The highest BCUT2D eigenvalue weighted by Gasteiger charge is 2.12. The van der Waals surface area contributed by atoms with Crippen LogP contribution in [-0.4, -0.2) is 17.0 Å². The first-order valence-electron chi connectivity index (χ1n) is 7.54. The van der Waals surface area contributed by atoms with Crippen molar-refractivity contribution in [3.05, 3.63) is 68.1 Å². The number of rotatable bonds is 5. The van der Waals surface area contributed by atoms with Crippen LogP contribution < -0.4 is 10.9 Å². The lowest BCUT2D eigenvalue weighted by molar-refractivity contribution is -0.121. The van der Waals surface area contributed by atoms with Crippen molar-refractivity contribution in [2.45, 2.75) is 26.8 Å². The number of hydrogen-bond donors (Lipinski definition) is 1. The lowest BCUT2D eigenvalue weighted by Crippen LogP contribution is -2.35. The molecule has 0 aliphatic heterocycles. The van der Waals surface area contributed by atoms with Crippen molar-refractivity contribution in [3.8, 4) is 6.07 Å². The van der Waals surface area contributed by atoms with Gasteiger partial charge in [-0.1, -0.05) is 23.7 Å². The third-order valence-electron chi connectivity index (χ3n) is 3.77. The molecule has 0 saturated heterocycles. The minimum absolute atomic E-state index is 0.0783. The van der Waals surface area contributed by atoms with Gasteiger partial charge in [0.25, 0.3) is 5.56 Å². The second-order valence-electron chi connectivity index (χ2n) is 5.57. The fourth-order valence-electron chi connectivity index (χ4n) is 2.46. The van der Waals surface area contributed by atoms with E-state index in [1.807, 2.05) is 18.2 Å². The lowest BCUT2D eigenvalue weighted by Gasteiger charge is -2.12. The Morgan fingerprint density at radius 1 is 1.29 bits per heavy atom. The van der Waals surface area contributed by atoms with E-state index in [9.17, 15) is 9.59 Å². The summed E-state index contributed by atoms with van der Waals surface area (Å²) in [6.07, 6.45) is 0.675. The average Bonchev–Trinajstić information content (AvgIpc) is 2.53. The first-order chi connectivity index (χ1) is 11.4. The van der Waals surface area contributed by atoms with Crippen LogP contribution in [0.2, 0.25) is 5.02 Å². The first kappa shape index (κ1) is 17.8. The number of nitrogens with one attached hydrogen (secondary N) is 1. The van der Waals surface area contributed by atoms with Gasteiger partial charge in [0.2, 0.25) is 5.91 Å². The predicted molar refractivity (Wildman–Crippen MR) is 93.1 cm³/mol. The molecule has 0 aliphatic rings. The molecular weight excluding hydrogens is 326 g/mol. The minimum Gasteiger partial charge on any atom is -0.354 e. The molecule has 0 spiro atoms. The zero-order chi connectivity index (χ0) is 17.7. The molecule has 1 aromatic heterocycles. The van der Waals surface area contributed by atoms with Gasteiger partial charge in [0.05, 0.1) is 0 Å². The first-order valence-corrected chi connectivity index (χ1v) is 7.92. The molecule has 1 heterocycles. The third-order valence-corrected chi connectivity index (χ3v) is 4.02. The number of benzene rings is 1. The van der Waals surface area contributed by atoms with Crippen molar-refractivity contribution >= 4 is 17.5 Å². The van der Waals surface area contributed by atoms with Gasteiger partial charge in [-0.25, -0.2) is 0 Å². The van der Waals surface area contributed by atoms with Crippen molar-refractivity contribution < 1.29 is 4.79 Å². The molecule has 2 rings (SSSR count). The number of pyridine rings is 1. The van der Waals surface area contributed by atoms with Gasteiger partial charge in [-0.15, -0.1) is 0 Å². The molecule has 0 bridgehead atoms. The van der Waals surface area contributed by atoms with Crippen LogP contribution in [0.25, 0.3) is 0 Å². The molecule has 0 unspecified atom stereocenters. The van der Waals surface area contributed by atoms with E-state index in [1.165, 1.54) is 4.57 Å². The van der Waals surface area contributed by atoms with Gasteiger partial charge in [-0.3, -0.25) is 9.59 Å². The molecule has 0 radical (unpaired) electrons. The lowest BCUT2D eigenvalue weighted by atomic mass is 10.1. The Balaban J connectivity index is 1.99. The van der Waals surface area contributed by atoms with E-state index < -0.39 is 5.56 Å². The third kappa shape index (κ3) is 4.24. The molecule has 1 amide bonds. The largest absolute Gasteiger partial charge is 0.354 e. The summed E-state index contributed by atoms with van der Waals surface area (Å²) in [5.41, 5.74) is 2.00. The number of halogens is 1. The molecule has 6 heteroatoms. The molecule has 0 saturated carbocycles. The summed E-state index contributed by atoms with van der Waals surface area (Å²) in [5.74, 6) is -0.262. The van der Waals surface area contributed by atoms with Crippen LogP contribution in [-0.2, 0) is 17.8 Å². The summed E-state index contributed by atoms with van der Waals surface area (Å²) in [7, 11) is 0. The molecule has 24 heavy (non-hydrogen) atoms. The zero-order valence-corrected chi connectivity index (χ0v) is 14.4. The van der Waals surface area contributed by atoms with Gasteiger partial charge >= 0.3 is 0 Å². The smallest absolute Gasteiger partial charge is 0.269 e. The predicted octanol–water partition coefficient (Wildman–Crippen LogP) is 2.35. The van der Waals surface area contributed by atoms with Gasteiger partial charge < -0.3 is 9.88 Å². The van der Waals surface area contributed by atoms with Crippen molar-refractivity contribution in [1.82, 2.24) is 9.88 Å². The maximum atomic E-state index is 12.3. The Morgan fingerprint density at radius 3 is 2.58 bits per heavy atom. The van der Waals surface area contributed by atoms with E-state index in [1.54, 1.807) is 32.0 Å². The molecule has 0 fully saturated rings. The number of carbonyl (C=O) groups excluding carboxylic acids is 1. The van der Waals surface area contributed by atoms with Crippen LogP contribution in [0.4, 0.5) is 0 Å². The maximum Gasteiger partial charge on any atom is 0.269 e. The second-order valence-corrected chi connectivity index (χ2v) is 6.01. The maximum absolute atomic E-state index is 12.3. The van der Waals surface area contributed by atoms with Gasteiger partial charge in [-0.2, -0.15) is 5.26 Å². The minimum atomic E-state index is -0.428. The van der Waals surface area contributed by atoms with Crippen LogP contribution in [0.5, 0.6) is 0 Å². The summed E-state index contributed by atoms with van der Waals surface area (Å²) >= 11 is 5.83. The van der Waals surface area contributed by atoms with E-state index in [0.717, 1.165) is 5.56 Å². The number of hydrogen-bond acceptors (Lipinski definition) is 3. The van der Waals surface area contributed by atoms with Gasteiger partial charge in [-0.05, 0) is 49.6 Å². The quantitative estimate of drug-likeness (QED) is 0.905. The summed E-state index contributed by atoms with van der Waals surface area (Å²) < 4.78 is 1.32. The van der Waals surface area contributed by atoms with Crippen LogP contribution in [0, 0.1) is 25.2 Å². The van der Waals surface area contributed by atoms with Crippen molar-refractivity contribution in [3.63, 3.8) is 0 Å². The molecular formula is C18H18ClN3O2. The van der Waals surface area contributed by atoms with Gasteiger partial charge in [0, 0.05) is 17.3 Å². The Bertz CT molecular complexity index is 848. The summed E-state index contributed by atoms with van der Waals surface area (Å²) in [6, 6.07) is 11.1. The Hall–Kier alpha value is -2.58. The summed E-state index contributed by atoms with van der Waals surface area (Å²) in [4.78, 5) is 24.3. The number of nitriles is 1. The number of aromatic nitrogens is 1. The highest BCUT2D eigenvalue weighted by Crippen LogP contribution is 2.09. The summed E-state index contributed by atoms with van der Waals surface area (Å²) in [5, 5.41) is 12.5. The zero-order valence-electron chi connectivity index (χ0n) is 13.6. The normalized spacial score (nSPS) is 10.2. The number of amides is 1. The van der Waals surface area contributed by atoms with Crippen molar-refractivity contribution in [2.24, 2.45) is 0 Å². The Morgan fingerprint density at radius 2 is 1.96 bits per heavy atom. The van der Waals surface area contributed by atoms with E-state index in [2.05, 4.69) is 5.32 Å². The van der Waals surface area contributed by atoms with E-state index in [4.69, 9.17) is 16.9 Å². The standard InChI is InChI=1S/C18H18ClN3O2/c1-12-9-13(2)22(18(24)16(12)10-20)11-17(23)21-8-7-14-3-5-15(19)6-4-14/h3-6,9H,7-8,11H2,1-2H3,(H,21,23). The molecule has 0 atom stereocenters. The molecule has 124 valence electrons. The van der Waals surface area contributed by atoms with Gasteiger partial charge in [0.1, 0.15) is 18.2 Å². The van der Waals surface area contributed by atoms with Gasteiger partial charge in [0.15, 0.2) is 0 Å². The van der Waals surface area contributed by atoms with Crippen LogP contribution >= 0.6 is 11.6 Å². The molecule has 1 aromatic carbocycles. The number of nitrogens with zero attached hydrogens (tertiary/aromatic N) is 2. The number of carbonyl (C=O) groups is 1. The Kier molecular flexibility index (Phi) is 5.78. The molecule has 0 aliphatic carbocycles. The monoisotopic (exact) mass is 343 g/mol. The number of aryl methyl sites for hydroxylation is 2. The van der Waals surface area contributed by atoms with Crippen LogP contribution in [0.15, 0.2) is 35.1 Å². The molecule has 1 N–H and O–H groups in total. The van der Waals surface area contributed by atoms with E-state index in [0.29, 0.717) is 29.2 Å². The fraction of sp³-hybridized carbons (Fsp3) is 0.278. The SMILES string of the molecule is Cc1cc(C)n(CC(=O)NCCc2ccc(Cl)cc2)c(=O)c1C#N. The highest BCUT2D eigenvalue weighted by atomic mass is 35.5.